The van der Waals surface area contributed by atoms with E-state index in [0.29, 0.717) is 35.4 Å². The number of ether oxygens (including phenoxy) is 1. The number of nitrogens with one attached hydrogen (secondary N) is 4. The first-order valence-corrected chi connectivity index (χ1v) is 11.8. The molecule has 0 radical (unpaired) electrons. The third kappa shape index (κ3) is 5.88. The maximum absolute atomic E-state index is 13.3. The van der Waals surface area contributed by atoms with Crippen molar-refractivity contribution in [2.24, 2.45) is 5.92 Å². The van der Waals surface area contributed by atoms with Crippen LogP contribution < -0.4 is 20.7 Å². The molecule has 4 rings (SSSR count). The van der Waals surface area contributed by atoms with Gasteiger partial charge in [-0.05, 0) is 48.7 Å². The van der Waals surface area contributed by atoms with E-state index in [1.165, 1.54) is 7.11 Å². The standard InChI is InChI=1S/C27H26N6O4/c1-37-24-7-3-6-21-20(24)13-23(32-21)27(36)33-22(11-16-4-2-5-17(10-16)14-28)26(35)31-19(15-29)12-18-8-9-30-25(18)34/h2-7,10,13,18-19,22,32H,8-9,11-12H2,1H3,(H,30,34)(H,31,35)(H,33,36)/t18-,19-,22-/m0/s1. The van der Waals surface area contributed by atoms with Gasteiger partial charge in [0.05, 0.1) is 24.8 Å². The summed E-state index contributed by atoms with van der Waals surface area (Å²) in [6, 6.07) is 15.9. The molecule has 0 aliphatic carbocycles. The van der Waals surface area contributed by atoms with Crippen LogP contribution in [0.4, 0.5) is 0 Å². The van der Waals surface area contributed by atoms with Crippen LogP contribution in [-0.2, 0) is 16.0 Å². The molecule has 1 aromatic heterocycles. The zero-order chi connectivity index (χ0) is 26.4. The molecule has 2 heterocycles. The lowest BCUT2D eigenvalue weighted by atomic mass is 9.98. The number of rotatable bonds is 9. The summed E-state index contributed by atoms with van der Waals surface area (Å²) in [6.45, 7) is 0.540. The Bertz CT molecular complexity index is 1420. The number of methoxy groups -OCH3 is 1. The number of fused-ring (bicyclic) bond motifs is 1. The Kier molecular flexibility index (Phi) is 7.70. The van der Waals surface area contributed by atoms with Crippen molar-refractivity contribution in [1.29, 1.82) is 10.5 Å². The molecular formula is C27H26N6O4. The largest absolute Gasteiger partial charge is 0.496 e. The SMILES string of the molecule is COc1cccc2[nH]c(C(=O)N[C@@H](Cc3cccc(C#N)c3)C(=O)N[C@H](C#N)C[C@@H]3CCNC3=O)cc12. The number of carbonyl (C=O) groups is 3. The first kappa shape index (κ1) is 25.3. The molecule has 1 fully saturated rings. The van der Waals surface area contributed by atoms with Crippen molar-refractivity contribution in [3.05, 3.63) is 65.4 Å². The van der Waals surface area contributed by atoms with Crippen LogP contribution in [-0.4, -0.2) is 48.4 Å². The molecule has 3 aromatic rings. The Morgan fingerprint density at radius 1 is 1.16 bits per heavy atom. The van der Waals surface area contributed by atoms with Crippen LogP contribution in [0.3, 0.4) is 0 Å². The van der Waals surface area contributed by atoms with Crippen molar-refractivity contribution < 1.29 is 19.1 Å². The summed E-state index contributed by atoms with van der Waals surface area (Å²) in [7, 11) is 1.54. The summed E-state index contributed by atoms with van der Waals surface area (Å²) in [6.07, 6.45) is 0.872. The van der Waals surface area contributed by atoms with Crippen LogP contribution in [0.2, 0.25) is 0 Å². The molecule has 0 saturated carbocycles. The molecule has 1 saturated heterocycles. The Hall–Kier alpha value is -4.83. The predicted octanol–water partition coefficient (Wildman–Crippen LogP) is 1.92. The Morgan fingerprint density at radius 3 is 2.68 bits per heavy atom. The van der Waals surface area contributed by atoms with Crippen LogP contribution in [0, 0.1) is 28.6 Å². The normalized spacial score (nSPS) is 16.2. The Labute approximate surface area is 213 Å². The van der Waals surface area contributed by atoms with Gasteiger partial charge in [-0.25, -0.2) is 0 Å². The molecule has 1 aliphatic heterocycles. The van der Waals surface area contributed by atoms with E-state index in [1.54, 1.807) is 42.5 Å². The Balaban J connectivity index is 1.55. The fourth-order valence-electron chi connectivity index (χ4n) is 4.45. The molecule has 3 amide bonds. The number of carbonyl (C=O) groups excluding carboxylic acids is 3. The van der Waals surface area contributed by atoms with E-state index in [9.17, 15) is 24.9 Å². The quantitative estimate of drug-likeness (QED) is 0.353. The topological polar surface area (TPSA) is 160 Å². The second kappa shape index (κ2) is 11.3. The van der Waals surface area contributed by atoms with Crippen LogP contribution in [0.25, 0.3) is 10.9 Å². The van der Waals surface area contributed by atoms with Gasteiger partial charge in [-0.3, -0.25) is 14.4 Å². The predicted molar refractivity (Wildman–Crippen MR) is 134 cm³/mol. The second-order valence-electron chi connectivity index (χ2n) is 8.85. The van der Waals surface area contributed by atoms with Gasteiger partial charge in [-0.1, -0.05) is 18.2 Å². The average molecular weight is 499 g/mol. The van der Waals surface area contributed by atoms with Gasteiger partial charge in [0.2, 0.25) is 11.8 Å². The summed E-state index contributed by atoms with van der Waals surface area (Å²) in [5, 5.41) is 27.7. The number of aromatic amines is 1. The van der Waals surface area contributed by atoms with E-state index in [1.807, 2.05) is 12.1 Å². The van der Waals surface area contributed by atoms with Crippen molar-refractivity contribution >= 4 is 28.6 Å². The van der Waals surface area contributed by atoms with E-state index in [0.717, 1.165) is 5.39 Å². The maximum Gasteiger partial charge on any atom is 0.268 e. The highest BCUT2D eigenvalue weighted by molar-refractivity contribution is 6.01. The molecule has 2 aromatic carbocycles. The highest BCUT2D eigenvalue weighted by Crippen LogP contribution is 2.26. The van der Waals surface area contributed by atoms with Crippen molar-refractivity contribution in [2.75, 3.05) is 13.7 Å². The summed E-state index contributed by atoms with van der Waals surface area (Å²) in [4.78, 5) is 41.5. The number of aromatic nitrogens is 1. The first-order chi connectivity index (χ1) is 17.9. The minimum Gasteiger partial charge on any atom is -0.496 e. The summed E-state index contributed by atoms with van der Waals surface area (Å²) < 4.78 is 5.36. The van der Waals surface area contributed by atoms with Crippen LogP contribution in [0.1, 0.15) is 34.5 Å². The fraction of sp³-hybridized carbons (Fsp3) is 0.296. The second-order valence-corrected chi connectivity index (χ2v) is 8.85. The summed E-state index contributed by atoms with van der Waals surface area (Å²) >= 11 is 0. The van der Waals surface area contributed by atoms with Gasteiger partial charge in [0.1, 0.15) is 23.5 Å². The molecule has 10 nitrogen and oxygen atoms in total. The third-order valence-electron chi connectivity index (χ3n) is 6.36. The van der Waals surface area contributed by atoms with Gasteiger partial charge in [0.25, 0.3) is 5.91 Å². The lowest BCUT2D eigenvalue weighted by Gasteiger charge is -2.21. The van der Waals surface area contributed by atoms with Crippen molar-refractivity contribution in [3.8, 4) is 17.9 Å². The molecule has 0 unspecified atom stereocenters. The number of benzene rings is 2. The molecule has 188 valence electrons. The number of nitriles is 2. The van der Waals surface area contributed by atoms with Gasteiger partial charge in [0, 0.05) is 29.8 Å². The molecule has 3 atom stereocenters. The number of amides is 3. The fourth-order valence-corrected chi connectivity index (χ4v) is 4.45. The van der Waals surface area contributed by atoms with E-state index in [2.05, 4.69) is 27.0 Å². The van der Waals surface area contributed by atoms with Gasteiger partial charge < -0.3 is 25.7 Å². The van der Waals surface area contributed by atoms with Crippen LogP contribution >= 0.6 is 0 Å². The zero-order valence-electron chi connectivity index (χ0n) is 20.2. The van der Waals surface area contributed by atoms with Gasteiger partial charge in [-0.2, -0.15) is 10.5 Å². The Morgan fingerprint density at radius 2 is 1.97 bits per heavy atom. The van der Waals surface area contributed by atoms with Gasteiger partial charge >= 0.3 is 0 Å². The van der Waals surface area contributed by atoms with E-state index in [-0.39, 0.29) is 30.4 Å². The van der Waals surface area contributed by atoms with E-state index < -0.39 is 23.9 Å². The number of hydrogen-bond donors (Lipinski definition) is 4. The van der Waals surface area contributed by atoms with E-state index in [4.69, 9.17) is 4.74 Å². The lowest BCUT2D eigenvalue weighted by molar-refractivity contribution is -0.125. The number of hydrogen-bond acceptors (Lipinski definition) is 6. The van der Waals surface area contributed by atoms with Crippen molar-refractivity contribution in [1.82, 2.24) is 20.9 Å². The van der Waals surface area contributed by atoms with Crippen LogP contribution in [0.5, 0.6) is 5.75 Å². The maximum atomic E-state index is 13.3. The molecule has 0 bridgehead atoms. The van der Waals surface area contributed by atoms with Crippen molar-refractivity contribution in [2.45, 2.75) is 31.3 Å². The molecule has 0 spiro atoms. The average Bonchev–Trinajstić information content (AvgIpc) is 3.53. The minimum absolute atomic E-state index is 0.0959. The highest BCUT2D eigenvalue weighted by atomic mass is 16.5. The molecular weight excluding hydrogens is 472 g/mol. The molecule has 1 aliphatic rings. The zero-order valence-corrected chi connectivity index (χ0v) is 20.2. The third-order valence-corrected chi connectivity index (χ3v) is 6.36. The first-order valence-electron chi connectivity index (χ1n) is 11.8. The van der Waals surface area contributed by atoms with Gasteiger partial charge in [0.15, 0.2) is 0 Å². The minimum atomic E-state index is -1.04. The van der Waals surface area contributed by atoms with Gasteiger partial charge in [-0.15, -0.1) is 0 Å². The monoisotopic (exact) mass is 498 g/mol. The van der Waals surface area contributed by atoms with Crippen molar-refractivity contribution in [3.63, 3.8) is 0 Å². The van der Waals surface area contributed by atoms with Crippen LogP contribution in [0.15, 0.2) is 48.5 Å². The lowest BCUT2D eigenvalue weighted by Crippen LogP contribution is -2.51. The molecule has 4 N–H and O–H groups in total. The molecule has 37 heavy (non-hydrogen) atoms. The number of nitrogens with zero attached hydrogens (tertiary/aromatic N) is 2. The summed E-state index contributed by atoms with van der Waals surface area (Å²) in [5.41, 5.74) is 2.03. The summed E-state index contributed by atoms with van der Waals surface area (Å²) in [5.74, 6) is -0.968. The van der Waals surface area contributed by atoms with E-state index >= 15 is 0 Å². The highest BCUT2D eigenvalue weighted by Gasteiger charge is 2.30. The molecule has 10 heteroatoms. The smallest absolute Gasteiger partial charge is 0.268 e. The number of H-pyrrole nitrogens is 1.